The summed E-state index contributed by atoms with van der Waals surface area (Å²) >= 11 is 0. The molecule has 7 heteroatoms. The van der Waals surface area contributed by atoms with Crippen LogP contribution in [0.3, 0.4) is 0 Å². The number of carbonyl (C=O) groups excluding carboxylic acids is 1. The van der Waals surface area contributed by atoms with Crippen molar-refractivity contribution < 1.29 is 14.1 Å². The van der Waals surface area contributed by atoms with Crippen LogP contribution in [0.25, 0.3) is 11.4 Å². The first-order valence-corrected chi connectivity index (χ1v) is 10.7. The summed E-state index contributed by atoms with van der Waals surface area (Å²) in [6.45, 7) is 5.15. The van der Waals surface area contributed by atoms with E-state index in [2.05, 4.69) is 20.4 Å². The fraction of sp³-hybridized carbons (Fsp3) is 0.375. The van der Waals surface area contributed by atoms with E-state index in [0.717, 1.165) is 30.7 Å². The van der Waals surface area contributed by atoms with Gasteiger partial charge < -0.3 is 14.6 Å². The Bertz CT molecular complexity index is 972. The number of aromatic nitrogens is 2. The van der Waals surface area contributed by atoms with Crippen LogP contribution in [0.4, 0.5) is 0 Å². The highest BCUT2D eigenvalue weighted by Crippen LogP contribution is 2.20. The first kappa shape index (κ1) is 21.1. The number of carbonyl (C=O) groups is 1. The van der Waals surface area contributed by atoms with E-state index in [-0.39, 0.29) is 11.8 Å². The number of aryl methyl sites for hydroxylation is 1. The van der Waals surface area contributed by atoms with Crippen LogP contribution in [0, 0.1) is 12.8 Å². The third-order valence-corrected chi connectivity index (χ3v) is 5.43. The number of benzene rings is 2. The average Bonchev–Trinajstić information content (AvgIpc) is 3.27. The quantitative estimate of drug-likeness (QED) is 0.562. The molecule has 2 aromatic carbocycles. The lowest BCUT2D eigenvalue weighted by atomic mass is 9.97. The van der Waals surface area contributed by atoms with E-state index in [9.17, 15) is 4.79 Å². The Hall–Kier alpha value is -3.19. The van der Waals surface area contributed by atoms with E-state index in [0.29, 0.717) is 38.0 Å². The minimum absolute atomic E-state index is 0.0374. The lowest BCUT2D eigenvalue weighted by molar-refractivity contribution is -0.126. The second-order valence-corrected chi connectivity index (χ2v) is 7.90. The molecule has 0 saturated carbocycles. The zero-order valence-electron chi connectivity index (χ0n) is 17.8. The summed E-state index contributed by atoms with van der Waals surface area (Å²) in [4.78, 5) is 19.3. The molecular formula is C24H28N4O3. The van der Waals surface area contributed by atoms with Crippen LogP contribution in [0.1, 0.15) is 24.3 Å². The van der Waals surface area contributed by atoms with Crippen LogP contribution in [0.5, 0.6) is 5.75 Å². The molecule has 1 aromatic heterocycles. The zero-order valence-corrected chi connectivity index (χ0v) is 17.8. The van der Waals surface area contributed by atoms with Gasteiger partial charge in [-0.05, 0) is 38.4 Å². The van der Waals surface area contributed by atoms with E-state index in [1.165, 1.54) is 5.56 Å². The van der Waals surface area contributed by atoms with Gasteiger partial charge in [-0.3, -0.25) is 9.69 Å². The van der Waals surface area contributed by atoms with Gasteiger partial charge in [-0.25, -0.2) is 0 Å². The van der Waals surface area contributed by atoms with E-state index >= 15 is 0 Å². The largest absolute Gasteiger partial charge is 0.492 e. The van der Waals surface area contributed by atoms with Crippen molar-refractivity contribution in [1.82, 2.24) is 20.4 Å². The maximum Gasteiger partial charge on any atom is 0.241 e. The first-order valence-electron chi connectivity index (χ1n) is 10.7. The van der Waals surface area contributed by atoms with Crippen molar-refractivity contribution >= 4 is 5.91 Å². The highest BCUT2D eigenvalue weighted by molar-refractivity contribution is 5.78. The predicted molar refractivity (Wildman–Crippen MR) is 117 cm³/mol. The summed E-state index contributed by atoms with van der Waals surface area (Å²) in [5.74, 6) is 2.03. The molecule has 1 atom stereocenters. The average molecular weight is 421 g/mol. The normalized spacial score (nSPS) is 16.7. The number of ether oxygens (including phenoxy) is 1. The first-order chi connectivity index (χ1) is 15.2. The van der Waals surface area contributed by atoms with Crippen LogP contribution >= 0.6 is 0 Å². The van der Waals surface area contributed by atoms with Gasteiger partial charge in [0.1, 0.15) is 12.4 Å². The van der Waals surface area contributed by atoms with Gasteiger partial charge in [0.15, 0.2) is 0 Å². The Morgan fingerprint density at radius 2 is 2.00 bits per heavy atom. The van der Waals surface area contributed by atoms with Gasteiger partial charge in [-0.15, -0.1) is 0 Å². The summed E-state index contributed by atoms with van der Waals surface area (Å²) in [6, 6.07) is 17.7. The molecule has 1 saturated heterocycles. The van der Waals surface area contributed by atoms with Crippen LogP contribution in [0.15, 0.2) is 59.1 Å². The van der Waals surface area contributed by atoms with Gasteiger partial charge >= 0.3 is 0 Å². The maximum absolute atomic E-state index is 12.6. The monoisotopic (exact) mass is 420 g/mol. The van der Waals surface area contributed by atoms with E-state index in [4.69, 9.17) is 9.26 Å². The summed E-state index contributed by atoms with van der Waals surface area (Å²) < 4.78 is 11.1. The van der Waals surface area contributed by atoms with Crippen molar-refractivity contribution in [3.8, 4) is 17.1 Å². The summed E-state index contributed by atoms with van der Waals surface area (Å²) in [5, 5.41) is 7.08. The Kier molecular flexibility index (Phi) is 6.94. The smallest absolute Gasteiger partial charge is 0.241 e. The number of hydrogen-bond acceptors (Lipinski definition) is 6. The van der Waals surface area contributed by atoms with Crippen molar-refractivity contribution in [1.29, 1.82) is 0 Å². The Labute approximate surface area is 182 Å². The third-order valence-electron chi connectivity index (χ3n) is 5.43. The Morgan fingerprint density at radius 3 is 2.81 bits per heavy atom. The Balaban J connectivity index is 1.22. The van der Waals surface area contributed by atoms with Gasteiger partial charge in [0.05, 0.1) is 19.0 Å². The molecule has 1 N–H and O–H groups in total. The fourth-order valence-electron chi connectivity index (χ4n) is 3.75. The molecule has 3 aromatic rings. The number of nitrogens with zero attached hydrogens (tertiary/aromatic N) is 3. The number of hydrogen-bond donors (Lipinski definition) is 1. The predicted octanol–water partition coefficient (Wildman–Crippen LogP) is 3.45. The number of likely N-dealkylation sites (tertiary alicyclic amines) is 1. The Morgan fingerprint density at radius 1 is 1.19 bits per heavy atom. The molecule has 1 fully saturated rings. The zero-order chi connectivity index (χ0) is 21.5. The number of nitrogens with one attached hydrogen (secondary N) is 1. The molecule has 0 aliphatic carbocycles. The molecule has 0 spiro atoms. The SMILES string of the molecule is Cc1ccc(OCCNC(=O)C2CCCN(Cc3nc(-c4ccccc4)no3)C2)cc1. The molecule has 0 radical (unpaired) electrons. The highest BCUT2D eigenvalue weighted by atomic mass is 16.5. The highest BCUT2D eigenvalue weighted by Gasteiger charge is 2.26. The molecule has 162 valence electrons. The van der Waals surface area contributed by atoms with Gasteiger partial charge in [-0.1, -0.05) is 53.2 Å². The van der Waals surface area contributed by atoms with Crippen molar-refractivity contribution in [2.75, 3.05) is 26.2 Å². The number of piperidine rings is 1. The lowest BCUT2D eigenvalue weighted by Gasteiger charge is -2.30. The van der Waals surface area contributed by atoms with Crippen molar-refractivity contribution in [3.63, 3.8) is 0 Å². The lowest BCUT2D eigenvalue weighted by Crippen LogP contribution is -2.43. The van der Waals surface area contributed by atoms with Crippen LogP contribution in [-0.2, 0) is 11.3 Å². The summed E-state index contributed by atoms with van der Waals surface area (Å²) in [5.41, 5.74) is 2.13. The molecule has 1 unspecified atom stereocenters. The second kappa shape index (κ2) is 10.2. The minimum atomic E-state index is -0.0374. The molecule has 1 aliphatic heterocycles. The van der Waals surface area contributed by atoms with Crippen LogP contribution < -0.4 is 10.1 Å². The van der Waals surface area contributed by atoms with E-state index in [1.54, 1.807) is 0 Å². The number of rotatable bonds is 8. The van der Waals surface area contributed by atoms with Gasteiger partial charge in [-0.2, -0.15) is 4.98 Å². The van der Waals surface area contributed by atoms with E-state index < -0.39 is 0 Å². The van der Waals surface area contributed by atoms with Gasteiger partial charge in [0.25, 0.3) is 0 Å². The molecule has 4 rings (SSSR count). The molecule has 0 bridgehead atoms. The van der Waals surface area contributed by atoms with Crippen molar-refractivity contribution in [2.45, 2.75) is 26.3 Å². The number of amides is 1. The summed E-state index contributed by atoms with van der Waals surface area (Å²) in [7, 11) is 0. The van der Waals surface area contributed by atoms with E-state index in [1.807, 2.05) is 61.5 Å². The molecule has 31 heavy (non-hydrogen) atoms. The molecule has 1 amide bonds. The third kappa shape index (κ3) is 5.92. The maximum atomic E-state index is 12.6. The molecule has 1 aliphatic rings. The molecule has 2 heterocycles. The van der Waals surface area contributed by atoms with Crippen LogP contribution in [-0.4, -0.2) is 47.2 Å². The second-order valence-electron chi connectivity index (χ2n) is 7.90. The summed E-state index contributed by atoms with van der Waals surface area (Å²) in [6.07, 6.45) is 1.86. The fourth-order valence-corrected chi connectivity index (χ4v) is 3.75. The topological polar surface area (TPSA) is 80.5 Å². The van der Waals surface area contributed by atoms with Gasteiger partial charge in [0.2, 0.25) is 17.6 Å². The van der Waals surface area contributed by atoms with Crippen molar-refractivity contribution in [2.24, 2.45) is 5.92 Å². The minimum Gasteiger partial charge on any atom is -0.492 e. The molecule has 7 nitrogen and oxygen atoms in total. The van der Waals surface area contributed by atoms with Gasteiger partial charge in [0, 0.05) is 12.1 Å². The standard InChI is InChI=1S/C24H28N4O3/c1-18-9-11-21(12-10-18)30-15-13-25-24(29)20-8-5-14-28(16-20)17-22-26-23(27-31-22)19-6-3-2-4-7-19/h2-4,6-7,9-12,20H,5,8,13-17H2,1H3,(H,25,29). The molecular weight excluding hydrogens is 392 g/mol. The van der Waals surface area contributed by atoms with Crippen LogP contribution in [0.2, 0.25) is 0 Å². The van der Waals surface area contributed by atoms with Crippen molar-refractivity contribution in [3.05, 3.63) is 66.1 Å².